The lowest BCUT2D eigenvalue weighted by Crippen LogP contribution is -2.36. The molecular weight excluding hydrogens is 234 g/mol. The second kappa shape index (κ2) is 6.78. The molecule has 1 unspecified atom stereocenters. The minimum atomic E-state index is -0.567. The summed E-state index contributed by atoms with van der Waals surface area (Å²) in [6, 6.07) is 3.47. The first-order valence-electron chi connectivity index (χ1n) is 5.12. The van der Waals surface area contributed by atoms with Crippen LogP contribution in [0.1, 0.15) is 18.4 Å². The van der Waals surface area contributed by atoms with E-state index in [2.05, 4.69) is 5.43 Å². The molecule has 90 valence electrons. The van der Waals surface area contributed by atoms with Gasteiger partial charge >= 0.3 is 0 Å². The summed E-state index contributed by atoms with van der Waals surface area (Å²) in [7, 11) is 0. The molecular formula is C11H15ClF2N2. The predicted octanol–water partition coefficient (Wildman–Crippen LogP) is 2.36. The summed E-state index contributed by atoms with van der Waals surface area (Å²) in [5.41, 5.74) is 3.21. The van der Waals surface area contributed by atoms with Crippen molar-refractivity contribution in [1.29, 1.82) is 0 Å². The van der Waals surface area contributed by atoms with E-state index in [0.717, 1.165) is 18.9 Å². The molecule has 1 aromatic carbocycles. The maximum atomic E-state index is 12.9. The average molecular weight is 249 g/mol. The Morgan fingerprint density at radius 2 is 1.88 bits per heavy atom. The summed E-state index contributed by atoms with van der Waals surface area (Å²) in [4.78, 5) is 0. The number of hydrogen-bond acceptors (Lipinski definition) is 2. The highest BCUT2D eigenvalue weighted by Crippen LogP contribution is 2.12. The third-order valence-electron chi connectivity index (χ3n) is 2.33. The van der Waals surface area contributed by atoms with Crippen LogP contribution >= 0.6 is 11.6 Å². The molecule has 0 aromatic heterocycles. The van der Waals surface area contributed by atoms with Crippen LogP contribution in [0.5, 0.6) is 0 Å². The van der Waals surface area contributed by atoms with E-state index < -0.39 is 11.6 Å². The zero-order valence-electron chi connectivity index (χ0n) is 8.85. The van der Waals surface area contributed by atoms with Crippen LogP contribution in [0.25, 0.3) is 0 Å². The van der Waals surface area contributed by atoms with Gasteiger partial charge in [-0.3, -0.25) is 11.3 Å². The SMILES string of the molecule is NNC(CCCCl)Cc1cc(F)cc(F)c1. The largest absolute Gasteiger partial charge is 0.271 e. The van der Waals surface area contributed by atoms with E-state index in [4.69, 9.17) is 17.4 Å². The van der Waals surface area contributed by atoms with Crippen molar-refractivity contribution in [2.45, 2.75) is 25.3 Å². The number of alkyl halides is 1. The molecule has 0 saturated carbocycles. The Hall–Kier alpha value is -0.710. The first-order chi connectivity index (χ1) is 7.65. The van der Waals surface area contributed by atoms with Crippen LogP contribution in [0, 0.1) is 11.6 Å². The van der Waals surface area contributed by atoms with Gasteiger partial charge in [-0.2, -0.15) is 0 Å². The first kappa shape index (κ1) is 13.4. The molecule has 16 heavy (non-hydrogen) atoms. The molecule has 1 rings (SSSR count). The predicted molar refractivity (Wildman–Crippen MR) is 61.1 cm³/mol. The number of halogens is 3. The van der Waals surface area contributed by atoms with E-state index >= 15 is 0 Å². The van der Waals surface area contributed by atoms with Crippen LogP contribution in [-0.4, -0.2) is 11.9 Å². The van der Waals surface area contributed by atoms with E-state index in [1.54, 1.807) is 0 Å². The highest BCUT2D eigenvalue weighted by molar-refractivity contribution is 6.17. The summed E-state index contributed by atoms with van der Waals surface area (Å²) in [6.45, 7) is 0. The van der Waals surface area contributed by atoms with Crippen molar-refractivity contribution in [3.05, 3.63) is 35.4 Å². The van der Waals surface area contributed by atoms with Crippen molar-refractivity contribution >= 4 is 11.6 Å². The highest BCUT2D eigenvalue weighted by Gasteiger charge is 2.09. The van der Waals surface area contributed by atoms with Gasteiger partial charge < -0.3 is 0 Å². The lowest BCUT2D eigenvalue weighted by atomic mass is 10.0. The molecule has 0 saturated heterocycles. The van der Waals surface area contributed by atoms with Gasteiger partial charge in [0.15, 0.2) is 0 Å². The van der Waals surface area contributed by atoms with Crippen LogP contribution in [0.2, 0.25) is 0 Å². The normalized spacial score (nSPS) is 12.8. The van der Waals surface area contributed by atoms with Crippen molar-refractivity contribution in [1.82, 2.24) is 5.43 Å². The number of rotatable bonds is 6. The summed E-state index contributed by atoms with van der Waals surface area (Å²) in [6.07, 6.45) is 2.08. The Morgan fingerprint density at radius 1 is 1.25 bits per heavy atom. The Kier molecular flexibility index (Phi) is 5.66. The Morgan fingerprint density at radius 3 is 2.38 bits per heavy atom. The minimum Gasteiger partial charge on any atom is -0.271 e. The number of nitrogens with two attached hydrogens (primary N) is 1. The molecule has 1 aromatic rings. The zero-order valence-corrected chi connectivity index (χ0v) is 9.61. The van der Waals surface area contributed by atoms with E-state index in [9.17, 15) is 8.78 Å². The summed E-state index contributed by atoms with van der Waals surface area (Å²) in [5, 5.41) is 0. The Labute approximate surface area is 98.8 Å². The van der Waals surface area contributed by atoms with Crippen LogP contribution in [0.15, 0.2) is 18.2 Å². The molecule has 0 radical (unpaired) electrons. The van der Waals surface area contributed by atoms with Gasteiger partial charge in [0.1, 0.15) is 11.6 Å². The summed E-state index contributed by atoms with van der Waals surface area (Å²) < 4.78 is 25.8. The van der Waals surface area contributed by atoms with Gasteiger partial charge in [-0.25, -0.2) is 8.78 Å². The quantitative estimate of drug-likeness (QED) is 0.461. The molecule has 0 aliphatic rings. The van der Waals surface area contributed by atoms with E-state index in [0.29, 0.717) is 17.9 Å². The maximum absolute atomic E-state index is 12.9. The fraction of sp³-hybridized carbons (Fsp3) is 0.455. The molecule has 0 aliphatic carbocycles. The van der Waals surface area contributed by atoms with E-state index in [1.165, 1.54) is 12.1 Å². The number of nitrogens with one attached hydrogen (secondary N) is 1. The van der Waals surface area contributed by atoms with Crippen molar-refractivity contribution < 1.29 is 8.78 Å². The summed E-state index contributed by atoms with van der Waals surface area (Å²) in [5.74, 6) is 4.78. The Bertz CT molecular complexity index is 314. The van der Waals surface area contributed by atoms with Gasteiger partial charge in [-0.1, -0.05) is 0 Å². The smallest absolute Gasteiger partial charge is 0.126 e. The van der Waals surface area contributed by atoms with Crippen LogP contribution in [0.3, 0.4) is 0 Å². The zero-order chi connectivity index (χ0) is 12.0. The van der Waals surface area contributed by atoms with Crippen LogP contribution in [-0.2, 0) is 6.42 Å². The first-order valence-corrected chi connectivity index (χ1v) is 5.66. The Balaban J connectivity index is 2.62. The standard InChI is InChI=1S/C11H15ClF2N2/c12-3-1-2-11(16-15)6-8-4-9(13)7-10(14)5-8/h4-5,7,11,16H,1-3,6,15H2. The molecule has 3 N–H and O–H groups in total. The average Bonchev–Trinajstić information content (AvgIpc) is 2.22. The van der Waals surface area contributed by atoms with Gasteiger partial charge in [0.05, 0.1) is 0 Å². The van der Waals surface area contributed by atoms with Crippen molar-refractivity contribution in [2.75, 3.05) is 5.88 Å². The topological polar surface area (TPSA) is 38.0 Å². The molecule has 0 fully saturated rings. The number of hydrazine groups is 1. The third kappa shape index (κ3) is 4.43. The molecule has 0 amide bonds. The van der Waals surface area contributed by atoms with Crippen LogP contribution < -0.4 is 11.3 Å². The molecule has 0 heterocycles. The fourth-order valence-corrected chi connectivity index (χ4v) is 1.74. The molecule has 0 spiro atoms. The summed E-state index contributed by atoms with van der Waals surface area (Å²) >= 11 is 5.57. The lowest BCUT2D eigenvalue weighted by molar-refractivity contribution is 0.483. The highest BCUT2D eigenvalue weighted by atomic mass is 35.5. The van der Waals surface area contributed by atoms with Gasteiger partial charge in [0, 0.05) is 18.0 Å². The number of benzene rings is 1. The maximum Gasteiger partial charge on any atom is 0.126 e. The second-order valence-corrected chi connectivity index (χ2v) is 4.05. The van der Waals surface area contributed by atoms with Gasteiger partial charge in [0.2, 0.25) is 0 Å². The van der Waals surface area contributed by atoms with Crippen molar-refractivity contribution in [3.8, 4) is 0 Å². The van der Waals surface area contributed by atoms with Gasteiger partial charge in [-0.05, 0) is 37.0 Å². The fourth-order valence-electron chi connectivity index (χ4n) is 1.58. The van der Waals surface area contributed by atoms with Crippen LogP contribution in [0.4, 0.5) is 8.78 Å². The third-order valence-corrected chi connectivity index (χ3v) is 2.59. The second-order valence-electron chi connectivity index (χ2n) is 3.68. The minimum absolute atomic E-state index is 0.0139. The molecule has 0 bridgehead atoms. The van der Waals surface area contributed by atoms with Gasteiger partial charge in [0.25, 0.3) is 0 Å². The molecule has 0 aliphatic heterocycles. The van der Waals surface area contributed by atoms with Crippen molar-refractivity contribution in [3.63, 3.8) is 0 Å². The van der Waals surface area contributed by atoms with E-state index in [1.807, 2.05) is 0 Å². The molecule has 2 nitrogen and oxygen atoms in total. The monoisotopic (exact) mass is 248 g/mol. The van der Waals surface area contributed by atoms with Gasteiger partial charge in [-0.15, -0.1) is 11.6 Å². The number of hydrogen-bond donors (Lipinski definition) is 2. The molecule has 5 heteroatoms. The lowest BCUT2D eigenvalue weighted by Gasteiger charge is -2.15. The van der Waals surface area contributed by atoms with E-state index in [-0.39, 0.29) is 6.04 Å². The molecule has 1 atom stereocenters. The van der Waals surface area contributed by atoms with Crippen molar-refractivity contribution in [2.24, 2.45) is 5.84 Å².